The lowest BCUT2D eigenvalue weighted by Gasteiger charge is -2.54. The predicted octanol–water partition coefficient (Wildman–Crippen LogP) is 4.03. The molecule has 0 spiro atoms. The molecule has 0 N–H and O–H groups in total. The highest BCUT2D eigenvalue weighted by molar-refractivity contribution is 5.86. The Morgan fingerprint density at radius 2 is 1.75 bits per heavy atom. The minimum atomic E-state index is -4.65. The van der Waals surface area contributed by atoms with Gasteiger partial charge in [0.1, 0.15) is 5.75 Å². The Bertz CT molecular complexity index is 718. The van der Waals surface area contributed by atoms with Gasteiger partial charge in [0.25, 0.3) is 0 Å². The Hall–Kier alpha value is -1.76. The number of ether oxygens (including phenoxy) is 2. The van der Waals surface area contributed by atoms with E-state index < -0.39 is 29.7 Å². The Labute approximate surface area is 162 Å². The van der Waals surface area contributed by atoms with Gasteiger partial charge in [0.2, 0.25) is 0 Å². The molecule has 1 unspecified atom stereocenters. The van der Waals surface area contributed by atoms with E-state index in [0.717, 1.165) is 55.7 Å². The monoisotopic (exact) mass is 397 g/mol. The zero-order valence-corrected chi connectivity index (χ0v) is 15.7. The second-order valence-electron chi connectivity index (χ2n) is 8.48. The molecular formula is C21H24F3O4-. The zero-order chi connectivity index (χ0) is 20.1. The molecule has 0 saturated heterocycles. The number of alkyl halides is 3. The topological polar surface area (TPSA) is 58.6 Å². The average Bonchev–Trinajstić information content (AvgIpc) is 2.62. The summed E-state index contributed by atoms with van der Waals surface area (Å²) in [4.78, 5) is 11.1. The number of carboxylic acids is 1. The van der Waals surface area contributed by atoms with Gasteiger partial charge in [-0.25, -0.2) is 0 Å². The zero-order valence-electron chi connectivity index (χ0n) is 15.7. The van der Waals surface area contributed by atoms with Gasteiger partial charge in [-0.2, -0.15) is 13.2 Å². The smallest absolute Gasteiger partial charge is 0.419 e. The lowest BCUT2D eigenvalue weighted by Crippen LogP contribution is -2.51. The van der Waals surface area contributed by atoms with E-state index in [-0.39, 0.29) is 11.7 Å². The molecule has 0 aliphatic heterocycles. The minimum absolute atomic E-state index is 0.0106. The molecule has 4 nitrogen and oxygen atoms in total. The third-order valence-corrected chi connectivity index (χ3v) is 6.56. The van der Waals surface area contributed by atoms with Crippen molar-refractivity contribution in [1.29, 1.82) is 0 Å². The molecule has 4 saturated carbocycles. The molecule has 4 aliphatic carbocycles. The normalized spacial score (nSPS) is 32.4. The van der Waals surface area contributed by atoms with Gasteiger partial charge in [0.05, 0.1) is 17.6 Å². The van der Waals surface area contributed by atoms with E-state index in [9.17, 15) is 23.1 Å². The molecule has 7 heteroatoms. The third kappa shape index (κ3) is 3.73. The Balaban J connectivity index is 1.53. The summed E-state index contributed by atoms with van der Waals surface area (Å²) in [6, 6.07) is 2.47. The fourth-order valence-corrected chi connectivity index (χ4v) is 5.60. The first-order chi connectivity index (χ1) is 13.2. The van der Waals surface area contributed by atoms with Crippen molar-refractivity contribution < 1.29 is 32.5 Å². The standard InChI is InChI=1S/C21H25F3O4/c1-2-18(28-19-14-6-11-5-12(8-14)9-15(19)7-11)27-17-10-13(20(25)26)3-4-16(17)21(22,23)24/h3-4,10-12,14-15,18-19H,2,5-9H2,1H3,(H,25,26)/p-1. The van der Waals surface area contributed by atoms with Crippen LogP contribution in [0.2, 0.25) is 0 Å². The second kappa shape index (κ2) is 7.25. The van der Waals surface area contributed by atoms with E-state index in [4.69, 9.17) is 9.47 Å². The van der Waals surface area contributed by atoms with Crippen LogP contribution in [0, 0.1) is 23.7 Å². The molecular weight excluding hydrogens is 373 g/mol. The molecule has 154 valence electrons. The van der Waals surface area contributed by atoms with Crippen LogP contribution in [0.15, 0.2) is 18.2 Å². The molecule has 0 radical (unpaired) electrons. The predicted molar refractivity (Wildman–Crippen MR) is 92.4 cm³/mol. The van der Waals surface area contributed by atoms with Gasteiger partial charge in [0.15, 0.2) is 6.29 Å². The van der Waals surface area contributed by atoms with Gasteiger partial charge in [-0.1, -0.05) is 13.0 Å². The van der Waals surface area contributed by atoms with Crippen LogP contribution in [-0.2, 0) is 10.9 Å². The average molecular weight is 397 g/mol. The van der Waals surface area contributed by atoms with Gasteiger partial charge < -0.3 is 19.4 Å². The summed E-state index contributed by atoms with van der Waals surface area (Å²) in [5, 5.41) is 11.1. The summed E-state index contributed by atoms with van der Waals surface area (Å²) in [7, 11) is 0. The summed E-state index contributed by atoms with van der Waals surface area (Å²) >= 11 is 0. The van der Waals surface area contributed by atoms with Crippen molar-refractivity contribution in [2.24, 2.45) is 23.7 Å². The first-order valence-corrected chi connectivity index (χ1v) is 9.99. The Morgan fingerprint density at radius 1 is 1.14 bits per heavy atom. The van der Waals surface area contributed by atoms with Crippen LogP contribution in [0.5, 0.6) is 5.75 Å². The van der Waals surface area contributed by atoms with Crippen molar-refractivity contribution in [3.05, 3.63) is 29.3 Å². The SMILES string of the molecule is CCC(Oc1cc(C(=O)[O-])ccc1C(F)(F)F)OC1C2CC3CC(C2)CC1C3. The van der Waals surface area contributed by atoms with Gasteiger partial charge in [-0.3, -0.25) is 0 Å². The number of hydrogen-bond acceptors (Lipinski definition) is 4. The van der Waals surface area contributed by atoms with E-state index in [1.54, 1.807) is 6.92 Å². The van der Waals surface area contributed by atoms with Gasteiger partial charge >= 0.3 is 6.18 Å². The summed E-state index contributed by atoms with van der Waals surface area (Å²) in [5.74, 6) is 0.356. The molecule has 5 rings (SSSR count). The lowest BCUT2D eigenvalue weighted by atomic mass is 9.55. The van der Waals surface area contributed by atoms with Crippen LogP contribution in [0.1, 0.15) is 61.4 Å². The first-order valence-electron chi connectivity index (χ1n) is 9.99. The number of hydrogen-bond donors (Lipinski definition) is 0. The molecule has 0 aromatic heterocycles. The maximum atomic E-state index is 13.3. The quantitative estimate of drug-likeness (QED) is 0.680. The van der Waals surface area contributed by atoms with Crippen LogP contribution in [0.3, 0.4) is 0 Å². The molecule has 1 aromatic carbocycles. The molecule has 0 amide bonds. The summed E-state index contributed by atoms with van der Waals surface area (Å²) in [6.45, 7) is 1.79. The van der Waals surface area contributed by atoms with E-state index in [0.29, 0.717) is 18.3 Å². The fraction of sp³-hybridized carbons (Fsp3) is 0.667. The van der Waals surface area contributed by atoms with Crippen molar-refractivity contribution in [1.82, 2.24) is 0 Å². The van der Waals surface area contributed by atoms with E-state index in [1.807, 2.05) is 0 Å². The summed E-state index contributed by atoms with van der Waals surface area (Å²) in [5.41, 5.74) is -1.36. The van der Waals surface area contributed by atoms with Crippen LogP contribution in [-0.4, -0.2) is 18.4 Å². The number of carbonyl (C=O) groups is 1. The molecule has 4 aliphatic rings. The highest BCUT2D eigenvalue weighted by atomic mass is 19.4. The molecule has 4 fully saturated rings. The Kier molecular flexibility index (Phi) is 5.06. The molecule has 1 atom stereocenters. The number of carbonyl (C=O) groups excluding carboxylic acids is 1. The molecule has 4 bridgehead atoms. The largest absolute Gasteiger partial charge is 0.545 e. The van der Waals surface area contributed by atoms with E-state index in [2.05, 4.69) is 0 Å². The van der Waals surface area contributed by atoms with E-state index in [1.165, 1.54) is 6.42 Å². The Morgan fingerprint density at radius 3 is 2.25 bits per heavy atom. The summed E-state index contributed by atoms with van der Waals surface area (Å²) < 4.78 is 51.8. The van der Waals surface area contributed by atoms with Crippen LogP contribution in [0.4, 0.5) is 13.2 Å². The molecule has 0 heterocycles. The first kappa shape index (κ1) is 19.6. The van der Waals surface area contributed by atoms with E-state index >= 15 is 0 Å². The molecule has 1 aromatic rings. The number of halogens is 3. The number of benzene rings is 1. The lowest BCUT2D eigenvalue weighted by molar-refractivity contribution is -0.255. The van der Waals surface area contributed by atoms with Gasteiger partial charge in [-0.05, 0) is 67.9 Å². The van der Waals surface area contributed by atoms with Gasteiger partial charge in [-0.15, -0.1) is 0 Å². The van der Waals surface area contributed by atoms with Gasteiger partial charge in [0, 0.05) is 12.0 Å². The van der Waals surface area contributed by atoms with Crippen LogP contribution >= 0.6 is 0 Å². The summed E-state index contributed by atoms with van der Waals surface area (Å²) in [6.07, 6.45) is 0.695. The highest BCUT2D eigenvalue weighted by Crippen LogP contribution is 2.55. The second-order valence-corrected chi connectivity index (χ2v) is 8.48. The van der Waals surface area contributed by atoms with Crippen molar-refractivity contribution in [3.8, 4) is 5.75 Å². The van der Waals surface area contributed by atoms with Crippen molar-refractivity contribution in [2.45, 2.75) is 64.0 Å². The minimum Gasteiger partial charge on any atom is -0.545 e. The van der Waals surface area contributed by atoms with Crippen molar-refractivity contribution >= 4 is 5.97 Å². The highest BCUT2D eigenvalue weighted by Gasteiger charge is 2.49. The number of carboxylic acid groups (broad SMARTS) is 1. The number of aromatic carboxylic acids is 1. The fourth-order valence-electron chi connectivity index (χ4n) is 5.60. The molecule has 28 heavy (non-hydrogen) atoms. The number of rotatable bonds is 6. The van der Waals surface area contributed by atoms with Crippen LogP contribution < -0.4 is 9.84 Å². The third-order valence-electron chi connectivity index (χ3n) is 6.56. The van der Waals surface area contributed by atoms with Crippen molar-refractivity contribution in [3.63, 3.8) is 0 Å². The van der Waals surface area contributed by atoms with Crippen molar-refractivity contribution in [2.75, 3.05) is 0 Å². The van der Waals surface area contributed by atoms with Crippen LogP contribution in [0.25, 0.3) is 0 Å². The maximum Gasteiger partial charge on any atom is 0.419 e. The maximum absolute atomic E-state index is 13.3.